The molecule has 4 nitrogen and oxygen atoms in total. The van der Waals surface area contributed by atoms with Gasteiger partial charge in [-0.2, -0.15) is 0 Å². The fraction of sp³-hybridized carbons (Fsp3) is 0.167. The second-order valence-corrected chi connectivity index (χ2v) is 8.44. The molecule has 1 heterocycles. The Labute approximate surface area is 159 Å². The molecule has 0 spiro atoms. The lowest BCUT2D eigenvalue weighted by Crippen LogP contribution is -2.13. The van der Waals surface area contributed by atoms with Gasteiger partial charge in [0.1, 0.15) is 5.75 Å². The first kappa shape index (κ1) is 17.8. The molecular weight excluding hydrogens is 372 g/mol. The molecule has 0 N–H and O–H groups in total. The van der Waals surface area contributed by atoms with Gasteiger partial charge in [-0.1, -0.05) is 41.3 Å². The number of carbonyl (C=O) groups excluding carboxylic acids is 1. The second-order valence-electron chi connectivity index (χ2n) is 5.23. The van der Waals surface area contributed by atoms with Crippen LogP contribution in [-0.2, 0) is 0 Å². The number of para-hydroxylation sites is 1. The van der Waals surface area contributed by atoms with Crippen molar-refractivity contribution in [1.29, 1.82) is 0 Å². The second kappa shape index (κ2) is 7.95. The molecule has 1 atom stereocenters. The minimum absolute atomic E-state index is 0.0556. The molecule has 3 aromatic rings. The molecule has 25 heavy (non-hydrogen) atoms. The van der Waals surface area contributed by atoms with E-state index < -0.39 is 0 Å². The smallest absolute Gasteiger partial charge is 0.184 e. The van der Waals surface area contributed by atoms with E-state index in [0.29, 0.717) is 9.52 Å². The van der Waals surface area contributed by atoms with Crippen LogP contribution < -0.4 is 4.74 Å². The van der Waals surface area contributed by atoms with Crippen molar-refractivity contribution in [3.05, 3.63) is 64.1 Å². The average Bonchev–Trinajstić information content (AvgIpc) is 3.02. The summed E-state index contributed by atoms with van der Waals surface area (Å²) in [6, 6.07) is 16.9. The Morgan fingerprint density at radius 3 is 2.52 bits per heavy atom. The molecule has 7 heteroatoms. The van der Waals surface area contributed by atoms with Gasteiger partial charge in [0.2, 0.25) is 0 Å². The van der Waals surface area contributed by atoms with Gasteiger partial charge in [0.05, 0.1) is 18.0 Å². The van der Waals surface area contributed by atoms with E-state index in [0.717, 1.165) is 15.8 Å². The maximum absolute atomic E-state index is 12.6. The van der Waals surface area contributed by atoms with Crippen LogP contribution in [0.15, 0.2) is 58.9 Å². The van der Waals surface area contributed by atoms with Crippen LogP contribution in [0.1, 0.15) is 17.3 Å². The molecule has 0 radical (unpaired) electrons. The SMILES string of the molecule is COc1ccc(C(=O)[C@@H](C)Sc2nn(-c3ccccc3)c(=S)s2)cc1. The van der Waals surface area contributed by atoms with Crippen LogP contribution in [0.5, 0.6) is 5.75 Å². The number of hydrogen-bond acceptors (Lipinski definition) is 6. The van der Waals surface area contributed by atoms with E-state index in [9.17, 15) is 4.79 Å². The first-order valence-electron chi connectivity index (χ1n) is 7.59. The van der Waals surface area contributed by atoms with Crippen LogP contribution in [0.3, 0.4) is 0 Å². The molecule has 0 amide bonds. The summed E-state index contributed by atoms with van der Waals surface area (Å²) in [5, 5.41) is 4.29. The first-order valence-corrected chi connectivity index (χ1v) is 9.69. The zero-order valence-corrected chi connectivity index (χ0v) is 16.2. The summed E-state index contributed by atoms with van der Waals surface area (Å²) >= 11 is 8.24. The van der Waals surface area contributed by atoms with Crippen LogP contribution >= 0.6 is 35.3 Å². The van der Waals surface area contributed by atoms with Crippen molar-refractivity contribution < 1.29 is 9.53 Å². The van der Waals surface area contributed by atoms with Gasteiger partial charge in [-0.25, -0.2) is 4.68 Å². The molecule has 3 rings (SSSR count). The standard InChI is InChI=1S/C18H16N2O2S3/c1-12(16(21)13-8-10-15(22-2)11-9-13)24-17-19-20(18(23)25-17)14-6-4-3-5-7-14/h3-12H,1-2H3/t12-/m1/s1. The van der Waals surface area contributed by atoms with Crippen molar-refractivity contribution in [2.45, 2.75) is 16.5 Å². The van der Waals surface area contributed by atoms with Crippen LogP contribution in [-0.4, -0.2) is 27.9 Å². The predicted molar refractivity (Wildman–Crippen MR) is 105 cm³/mol. The summed E-state index contributed by atoms with van der Waals surface area (Å²) in [4.78, 5) is 12.6. The number of carbonyl (C=O) groups is 1. The normalized spacial score (nSPS) is 11.9. The van der Waals surface area contributed by atoms with Crippen molar-refractivity contribution in [3.8, 4) is 11.4 Å². The highest BCUT2D eigenvalue weighted by Crippen LogP contribution is 2.29. The van der Waals surface area contributed by atoms with Crippen LogP contribution in [0.25, 0.3) is 5.69 Å². The lowest BCUT2D eigenvalue weighted by Gasteiger charge is -2.08. The highest BCUT2D eigenvalue weighted by molar-refractivity contribution is 8.02. The zero-order valence-electron chi connectivity index (χ0n) is 13.7. The maximum Gasteiger partial charge on any atom is 0.184 e. The average molecular weight is 389 g/mol. The van der Waals surface area contributed by atoms with E-state index >= 15 is 0 Å². The van der Waals surface area contributed by atoms with Crippen molar-refractivity contribution in [2.24, 2.45) is 0 Å². The number of ketones is 1. The molecule has 0 fully saturated rings. The van der Waals surface area contributed by atoms with Crippen molar-refractivity contribution >= 4 is 41.1 Å². The van der Waals surface area contributed by atoms with E-state index in [1.165, 1.54) is 23.1 Å². The van der Waals surface area contributed by atoms with E-state index in [4.69, 9.17) is 17.0 Å². The van der Waals surface area contributed by atoms with Gasteiger partial charge in [-0.05, 0) is 55.5 Å². The molecule has 0 aliphatic heterocycles. The Bertz CT molecular complexity index is 917. The lowest BCUT2D eigenvalue weighted by atomic mass is 10.1. The Balaban J connectivity index is 1.75. The molecule has 0 aliphatic carbocycles. The number of benzene rings is 2. The van der Waals surface area contributed by atoms with Gasteiger partial charge < -0.3 is 4.74 Å². The number of ether oxygens (including phenoxy) is 1. The summed E-state index contributed by atoms with van der Waals surface area (Å²) in [7, 11) is 1.60. The third-order valence-electron chi connectivity index (χ3n) is 3.55. The van der Waals surface area contributed by atoms with E-state index in [-0.39, 0.29) is 11.0 Å². The summed E-state index contributed by atoms with van der Waals surface area (Å²) < 4.78 is 8.30. The molecule has 0 bridgehead atoms. The minimum Gasteiger partial charge on any atom is -0.497 e. The Morgan fingerprint density at radius 2 is 1.88 bits per heavy atom. The van der Waals surface area contributed by atoms with Gasteiger partial charge >= 0.3 is 0 Å². The zero-order chi connectivity index (χ0) is 17.8. The lowest BCUT2D eigenvalue weighted by molar-refractivity contribution is 0.0994. The maximum atomic E-state index is 12.6. The molecule has 0 saturated heterocycles. The van der Waals surface area contributed by atoms with Crippen LogP contribution in [0, 0.1) is 3.95 Å². The van der Waals surface area contributed by atoms with E-state index in [1.54, 1.807) is 36.1 Å². The molecule has 128 valence electrons. The van der Waals surface area contributed by atoms with E-state index in [2.05, 4.69) is 5.10 Å². The van der Waals surface area contributed by atoms with Crippen molar-refractivity contribution in [3.63, 3.8) is 0 Å². The highest BCUT2D eigenvalue weighted by atomic mass is 32.2. The molecule has 0 aliphatic rings. The Kier molecular flexibility index (Phi) is 5.67. The summed E-state index contributed by atoms with van der Waals surface area (Å²) in [6.07, 6.45) is 0. The number of rotatable bonds is 6. The summed E-state index contributed by atoms with van der Waals surface area (Å²) in [6.45, 7) is 1.88. The van der Waals surface area contributed by atoms with E-state index in [1.807, 2.05) is 37.3 Å². The predicted octanol–water partition coefficient (Wildman–Crippen LogP) is 5.04. The van der Waals surface area contributed by atoms with Gasteiger partial charge in [0, 0.05) is 5.56 Å². The van der Waals surface area contributed by atoms with Crippen LogP contribution in [0.2, 0.25) is 0 Å². The topological polar surface area (TPSA) is 44.1 Å². The van der Waals surface area contributed by atoms with Gasteiger partial charge in [-0.15, -0.1) is 5.10 Å². The third kappa shape index (κ3) is 4.18. The molecule has 0 saturated carbocycles. The Hall–Kier alpha value is -1.96. The summed E-state index contributed by atoms with van der Waals surface area (Å²) in [5.41, 5.74) is 1.58. The van der Waals surface area contributed by atoms with Gasteiger partial charge in [0.25, 0.3) is 0 Å². The number of nitrogens with zero attached hydrogens (tertiary/aromatic N) is 2. The number of thioether (sulfide) groups is 1. The Morgan fingerprint density at radius 1 is 1.20 bits per heavy atom. The number of Topliss-reactive ketones (excluding diaryl/α,β-unsaturated/α-hetero) is 1. The van der Waals surface area contributed by atoms with Crippen molar-refractivity contribution in [2.75, 3.05) is 7.11 Å². The molecule has 2 aromatic carbocycles. The highest BCUT2D eigenvalue weighted by Gasteiger charge is 2.19. The van der Waals surface area contributed by atoms with Crippen LogP contribution in [0.4, 0.5) is 0 Å². The minimum atomic E-state index is -0.252. The molecular formula is C18H16N2O2S3. The first-order chi connectivity index (χ1) is 12.1. The summed E-state index contributed by atoms with van der Waals surface area (Å²) in [5.74, 6) is 0.788. The van der Waals surface area contributed by atoms with Gasteiger partial charge in [0.15, 0.2) is 14.1 Å². The largest absolute Gasteiger partial charge is 0.497 e. The fourth-order valence-corrected chi connectivity index (χ4v) is 4.82. The molecule has 0 unspecified atom stereocenters. The monoisotopic (exact) mass is 388 g/mol. The number of aromatic nitrogens is 2. The quantitative estimate of drug-likeness (QED) is 0.336. The number of methoxy groups -OCH3 is 1. The third-order valence-corrected chi connectivity index (χ3v) is 5.97. The fourth-order valence-electron chi connectivity index (χ4n) is 2.24. The van der Waals surface area contributed by atoms with Crippen molar-refractivity contribution in [1.82, 2.24) is 9.78 Å². The number of hydrogen-bond donors (Lipinski definition) is 0. The van der Waals surface area contributed by atoms with Gasteiger partial charge in [-0.3, -0.25) is 4.79 Å². The molecule has 1 aromatic heterocycles.